The van der Waals surface area contributed by atoms with Gasteiger partial charge in [-0.25, -0.2) is 0 Å². The SMILES string of the molecule is CC1=CC2C(CC1=O)[C@H](C)CCC2[C@@H](C)C(=O)O. The molecule has 100 valence electrons. The smallest absolute Gasteiger partial charge is 0.306 e. The summed E-state index contributed by atoms with van der Waals surface area (Å²) in [6.07, 6.45) is 4.67. The van der Waals surface area contributed by atoms with Gasteiger partial charge in [-0.3, -0.25) is 9.59 Å². The van der Waals surface area contributed by atoms with Crippen LogP contribution >= 0.6 is 0 Å². The number of allylic oxidation sites excluding steroid dienone is 2. The number of carbonyl (C=O) groups excluding carboxylic acids is 1. The lowest BCUT2D eigenvalue weighted by atomic mass is 9.60. The van der Waals surface area contributed by atoms with Gasteiger partial charge in [-0.2, -0.15) is 0 Å². The third-order valence-electron chi connectivity index (χ3n) is 5.01. The predicted molar refractivity (Wildman–Crippen MR) is 69.0 cm³/mol. The second kappa shape index (κ2) is 4.87. The number of carboxylic acids is 1. The van der Waals surface area contributed by atoms with Gasteiger partial charge in [0.05, 0.1) is 5.92 Å². The van der Waals surface area contributed by atoms with E-state index in [1.165, 1.54) is 0 Å². The van der Waals surface area contributed by atoms with E-state index in [1.54, 1.807) is 6.92 Å². The minimum atomic E-state index is -0.712. The molecule has 0 saturated heterocycles. The van der Waals surface area contributed by atoms with E-state index in [0.717, 1.165) is 18.4 Å². The number of hydrogen-bond donors (Lipinski definition) is 1. The molecule has 0 aromatic carbocycles. The molecule has 18 heavy (non-hydrogen) atoms. The molecule has 2 aliphatic carbocycles. The van der Waals surface area contributed by atoms with Crippen molar-refractivity contribution in [1.82, 2.24) is 0 Å². The van der Waals surface area contributed by atoms with Crippen LogP contribution in [0.2, 0.25) is 0 Å². The summed E-state index contributed by atoms with van der Waals surface area (Å²) in [5.41, 5.74) is 0.827. The van der Waals surface area contributed by atoms with Crippen molar-refractivity contribution in [3.8, 4) is 0 Å². The van der Waals surface area contributed by atoms with Crippen LogP contribution < -0.4 is 0 Å². The second-order valence-corrected chi connectivity index (χ2v) is 6.06. The van der Waals surface area contributed by atoms with Crippen LogP contribution in [0.3, 0.4) is 0 Å². The molecular weight excluding hydrogens is 228 g/mol. The Labute approximate surface area is 108 Å². The van der Waals surface area contributed by atoms with Gasteiger partial charge in [0.15, 0.2) is 5.78 Å². The summed E-state index contributed by atoms with van der Waals surface area (Å²) in [6.45, 7) is 5.86. The Morgan fingerprint density at radius 3 is 2.72 bits per heavy atom. The van der Waals surface area contributed by atoms with Crippen molar-refractivity contribution in [3.05, 3.63) is 11.6 Å². The van der Waals surface area contributed by atoms with Crippen molar-refractivity contribution >= 4 is 11.8 Å². The average Bonchev–Trinajstić information content (AvgIpc) is 2.31. The van der Waals surface area contributed by atoms with Gasteiger partial charge in [-0.05, 0) is 42.6 Å². The molecular formula is C15H22O3. The van der Waals surface area contributed by atoms with E-state index in [9.17, 15) is 14.7 Å². The highest BCUT2D eigenvalue weighted by Crippen LogP contribution is 2.47. The van der Waals surface area contributed by atoms with E-state index in [0.29, 0.717) is 18.3 Å². The molecule has 2 aliphatic rings. The molecule has 1 saturated carbocycles. The fourth-order valence-electron chi connectivity index (χ4n) is 3.67. The Bertz CT molecular complexity index is 397. The zero-order chi connectivity index (χ0) is 13.4. The summed E-state index contributed by atoms with van der Waals surface area (Å²) in [7, 11) is 0. The zero-order valence-electron chi connectivity index (χ0n) is 11.3. The first kappa shape index (κ1) is 13.3. The molecule has 5 atom stereocenters. The summed E-state index contributed by atoms with van der Waals surface area (Å²) in [6, 6.07) is 0. The largest absolute Gasteiger partial charge is 0.481 e. The lowest BCUT2D eigenvalue weighted by Gasteiger charge is -2.44. The van der Waals surface area contributed by atoms with Crippen molar-refractivity contribution in [1.29, 1.82) is 0 Å². The number of rotatable bonds is 2. The lowest BCUT2D eigenvalue weighted by Crippen LogP contribution is -2.41. The maximum absolute atomic E-state index is 11.8. The third kappa shape index (κ3) is 2.23. The first-order chi connectivity index (χ1) is 8.41. The third-order valence-corrected chi connectivity index (χ3v) is 5.01. The summed E-state index contributed by atoms with van der Waals surface area (Å²) in [4.78, 5) is 23.0. The maximum atomic E-state index is 11.8. The number of aliphatic carboxylic acids is 1. The highest BCUT2D eigenvalue weighted by atomic mass is 16.4. The fraction of sp³-hybridized carbons (Fsp3) is 0.733. The van der Waals surface area contributed by atoms with Crippen molar-refractivity contribution in [2.75, 3.05) is 0 Å². The van der Waals surface area contributed by atoms with E-state index < -0.39 is 5.97 Å². The van der Waals surface area contributed by atoms with Crippen molar-refractivity contribution in [2.45, 2.75) is 40.0 Å². The topological polar surface area (TPSA) is 54.4 Å². The van der Waals surface area contributed by atoms with Gasteiger partial charge in [0.1, 0.15) is 0 Å². The Kier molecular flexibility index (Phi) is 3.60. The Hall–Kier alpha value is -1.12. The second-order valence-electron chi connectivity index (χ2n) is 6.06. The fourth-order valence-corrected chi connectivity index (χ4v) is 3.67. The predicted octanol–water partition coefficient (Wildman–Crippen LogP) is 2.90. The molecule has 0 aromatic rings. The van der Waals surface area contributed by atoms with E-state index in [1.807, 2.05) is 6.92 Å². The monoisotopic (exact) mass is 250 g/mol. The quantitative estimate of drug-likeness (QED) is 0.819. The van der Waals surface area contributed by atoms with Crippen LogP contribution in [0, 0.1) is 29.6 Å². The van der Waals surface area contributed by atoms with Gasteiger partial charge < -0.3 is 5.11 Å². The van der Waals surface area contributed by atoms with Gasteiger partial charge in [0.25, 0.3) is 0 Å². The number of carbonyl (C=O) groups is 2. The molecule has 1 fully saturated rings. The highest BCUT2D eigenvalue weighted by molar-refractivity contribution is 5.95. The molecule has 3 heteroatoms. The molecule has 0 radical (unpaired) electrons. The van der Waals surface area contributed by atoms with Crippen LogP contribution in [0.25, 0.3) is 0 Å². The molecule has 0 spiro atoms. The summed E-state index contributed by atoms with van der Waals surface area (Å²) in [5.74, 6) is 0.553. The van der Waals surface area contributed by atoms with Gasteiger partial charge >= 0.3 is 5.97 Å². The molecule has 3 unspecified atom stereocenters. The van der Waals surface area contributed by atoms with Gasteiger partial charge in [-0.1, -0.05) is 26.3 Å². The number of ketones is 1. The van der Waals surface area contributed by atoms with Crippen LogP contribution in [0.1, 0.15) is 40.0 Å². The van der Waals surface area contributed by atoms with Gasteiger partial charge in [-0.15, -0.1) is 0 Å². The normalized spacial score (nSPS) is 37.7. The van der Waals surface area contributed by atoms with Gasteiger partial charge in [0, 0.05) is 6.42 Å². The number of hydrogen-bond acceptors (Lipinski definition) is 2. The molecule has 2 rings (SSSR count). The van der Waals surface area contributed by atoms with Crippen LogP contribution in [-0.4, -0.2) is 16.9 Å². The van der Waals surface area contributed by atoms with Crippen LogP contribution in [0.4, 0.5) is 0 Å². The first-order valence-corrected chi connectivity index (χ1v) is 6.86. The van der Waals surface area contributed by atoms with Crippen molar-refractivity contribution < 1.29 is 14.7 Å². The summed E-state index contributed by atoms with van der Waals surface area (Å²) >= 11 is 0. The first-order valence-electron chi connectivity index (χ1n) is 6.86. The highest BCUT2D eigenvalue weighted by Gasteiger charge is 2.43. The molecule has 0 amide bonds. The van der Waals surface area contributed by atoms with Crippen molar-refractivity contribution in [2.24, 2.45) is 29.6 Å². The van der Waals surface area contributed by atoms with Gasteiger partial charge in [0.2, 0.25) is 0 Å². The van der Waals surface area contributed by atoms with Crippen molar-refractivity contribution in [3.63, 3.8) is 0 Å². The average molecular weight is 250 g/mol. The summed E-state index contributed by atoms with van der Waals surface area (Å²) in [5, 5.41) is 9.22. The number of Topliss-reactive ketones (excluding diaryl/α,β-unsaturated/α-hetero) is 1. The zero-order valence-corrected chi connectivity index (χ0v) is 11.3. The van der Waals surface area contributed by atoms with Crippen LogP contribution in [0.15, 0.2) is 11.6 Å². The Morgan fingerprint density at radius 1 is 1.44 bits per heavy atom. The molecule has 0 aliphatic heterocycles. The summed E-state index contributed by atoms with van der Waals surface area (Å²) < 4.78 is 0. The molecule has 0 heterocycles. The molecule has 3 nitrogen and oxygen atoms in total. The van der Waals surface area contributed by atoms with Crippen LogP contribution in [0.5, 0.6) is 0 Å². The lowest BCUT2D eigenvalue weighted by molar-refractivity contribution is -0.144. The standard InChI is InChI=1S/C15H22O3/c1-8-4-5-11(10(3)15(17)18)13-6-9(2)14(16)7-12(8)13/h6,8,10-13H,4-5,7H2,1-3H3,(H,17,18)/t8-,10-,11?,12?,13?/m1/s1. The minimum Gasteiger partial charge on any atom is -0.481 e. The van der Waals surface area contributed by atoms with E-state index >= 15 is 0 Å². The van der Waals surface area contributed by atoms with E-state index in [-0.39, 0.29) is 23.5 Å². The van der Waals surface area contributed by atoms with E-state index in [2.05, 4.69) is 13.0 Å². The number of carboxylic acid groups (broad SMARTS) is 1. The van der Waals surface area contributed by atoms with Crippen LogP contribution in [-0.2, 0) is 9.59 Å². The van der Waals surface area contributed by atoms with E-state index in [4.69, 9.17) is 0 Å². The maximum Gasteiger partial charge on any atom is 0.306 e. The molecule has 0 bridgehead atoms. The minimum absolute atomic E-state index is 0.187. The molecule has 1 N–H and O–H groups in total. The molecule has 0 aromatic heterocycles. The Morgan fingerprint density at radius 2 is 2.11 bits per heavy atom. The Balaban J connectivity index is 2.29. The number of fused-ring (bicyclic) bond motifs is 1.